The van der Waals surface area contributed by atoms with Crippen LogP contribution in [0.5, 0.6) is 0 Å². The third-order valence-corrected chi connectivity index (χ3v) is 0.564. The van der Waals surface area contributed by atoms with Gasteiger partial charge in [-0.3, -0.25) is 0 Å². The maximum Gasteiger partial charge on any atom is 0.0985 e. The lowest BCUT2D eigenvalue weighted by Gasteiger charge is -1.92. The van der Waals surface area contributed by atoms with Crippen LogP contribution in [0.3, 0.4) is 0 Å². The fourth-order valence-corrected chi connectivity index (χ4v) is 0.230. The normalized spacial score (nSPS) is 14.5. The summed E-state index contributed by atoms with van der Waals surface area (Å²) in [7, 11) is 0. The summed E-state index contributed by atoms with van der Waals surface area (Å²) in [5.74, 6) is 0. The average molecular weight is 91.1 g/mol. The molecule has 0 saturated carbocycles. The topological polar surface area (TPSA) is 26.0 Å². The molecule has 0 aliphatic carbocycles. The molecule has 0 spiro atoms. The van der Waals surface area contributed by atoms with E-state index in [-0.39, 0.29) is 0 Å². The summed E-state index contributed by atoms with van der Waals surface area (Å²) < 4.78 is 11.6. The monoisotopic (exact) mass is 91.1 g/mol. The summed E-state index contributed by atoms with van der Waals surface area (Å²) in [5, 5.41) is 0. The smallest absolute Gasteiger partial charge is 0.0985 e. The fourth-order valence-electron chi connectivity index (χ4n) is 0.230. The van der Waals surface area contributed by atoms with Crippen LogP contribution in [-0.4, -0.2) is 12.7 Å². The molecule has 2 heteroatoms. The molecule has 38 valence electrons. The summed E-state index contributed by atoms with van der Waals surface area (Å²) >= 11 is 0. The molecule has 6 heavy (non-hydrogen) atoms. The number of nitrogens with two attached hydrogens (primary N) is 1. The molecule has 0 heterocycles. The van der Waals surface area contributed by atoms with E-state index in [0.717, 1.165) is 0 Å². The number of halogens is 1. The molecule has 0 aromatic rings. The van der Waals surface area contributed by atoms with Gasteiger partial charge in [0, 0.05) is 0 Å². The lowest BCUT2D eigenvalue weighted by atomic mass is 10.3. The third-order valence-electron chi connectivity index (χ3n) is 0.564. The molecule has 0 aliphatic rings. The van der Waals surface area contributed by atoms with Gasteiger partial charge >= 0.3 is 0 Å². The van der Waals surface area contributed by atoms with Gasteiger partial charge in [0.2, 0.25) is 0 Å². The Hall–Kier alpha value is -0.110. The Kier molecular flexibility index (Phi) is 3.04. The van der Waals surface area contributed by atoms with Gasteiger partial charge in [-0.25, -0.2) is 4.39 Å². The van der Waals surface area contributed by atoms with Gasteiger partial charge in [-0.05, 0) is 19.9 Å². The zero-order chi connectivity index (χ0) is 4.99. The van der Waals surface area contributed by atoms with Gasteiger partial charge in [0.1, 0.15) is 0 Å². The highest BCUT2D eigenvalue weighted by atomic mass is 19.1. The first-order valence-corrected chi connectivity index (χ1v) is 2.11. The van der Waals surface area contributed by atoms with Gasteiger partial charge in [0.05, 0.1) is 6.17 Å². The Morgan fingerprint density at radius 1 is 1.83 bits per heavy atom. The summed E-state index contributed by atoms with van der Waals surface area (Å²) in [6, 6.07) is 0. The molecule has 0 bridgehead atoms. The highest BCUT2D eigenvalue weighted by Crippen LogP contribution is 1.90. The standard InChI is InChI=1S/C4H10FN/c1-4(5)2-3-6/h4H,2-3,6H2,1H3. The van der Waals surface area contributed by atoms with Crippen molar-refractivity contribution < 1.29 is 4.39 Å². The third kappa shape index (κ3) is 3.89. The van der Waals surface area contributed by atoms with Crippen molar-refractivity contribution in [1.82, 2.24) is 0 Å². The quantitative estimate of drug-likeness (QED) is 0.531. The van der Waals surface area contributed by atoms with Crippen LogP contribution in [0.2, 0.25) is 0 Å². The summed E-state index contributed by atoms with van der Waals surface area (Å²) in [4.78, 5) is 0. The van der Waals surface area contributed by atoms with Crippen molar-refractivity contribution in [2.24, 2.45) is 5.73 Å². The number of hydrogen-bond donors (Lipinski definition) is 1. The van der Waals surface area contributed by atoms with E-state index in [2.05, 4.69) is 0 Å². The minimum Gasteiger partial charge on any atom is -0.330 e. The predicted octanol–water partition coefficient (Wildman–Crippen LogP) is 0.693. The highest BCUT2D eigenvalue weighted by molar-refractivity contribution is 4.44. The Balaban J connectivity index is 2.63. The maximum atomic E-state index is 11.6. The van der Waals surface area contributed by atoms with E-state index in [1.165, 1.54) is 6.92 Å². The second-order valence-electron chi connectivity index (χ2n) is 1.36. The Bertz CT molecular complexity index is 28.7. The molecule has 0 rings (SSSR count). The first kappa shape index (κ1) is 5.89. The molecule has 0 aromatic carbocycles. The number of rotatable bonds is 2. The SMILES string of the molecule is CC(F)CCN. The Labute approximate surface area is 37.3 Å². The van der Waals surface area contributed by atoms with Gasteiger partial charge < -0.3 is 5.73 Å². The van der Waals surface area contributed by atoms with Crippen LogP contribution in [0, 0.1) is 0 Å². The second-order valence-corrected chi connectivity index (χ2v) is 1.36. The van der Waals surface area contributed by atoms with E-state index >= 15 is 0 Å². The van der Waals surface area contributed by atoms with Gasteiger partial charge in [-0.15, -0.1) is 0 Å². The van der Waals surface area contributed by atoms with E-state index < -0.39 is 6.17 Å². The zero-order valence-electron chi connectivity index (χ0n) is 3.95. The number of hydrogen-bond acceptors (Lipinski definition) is 1. The molecule has 1 unspecified atom stereocenters. The van der Waals surface area contributed by atoms with E-state index in [4.69, 9.17) is 5.73 Å². The molecule has 0 fully saturated rings. The fraction of sp³-hybridized carbons (Fsp3) is 1.00. The summed E-state index contributed by atoms with van der Waals surface area (Å²) in [6.07, 6.45) is -0.241. The molecule has 2 N–H and O–H groups in total. The molecule has 1 nitrogen and oxygen atoms in total. The minimum atomic E-state index is -0.727. The first-order chi connectivity index (χ1) is 2.77. The Morgan fingerprint density at radius 2 is 2.33 bits per heavy atom. The van der Waals surface area contributed by atoms with Gasteiger partial charge in [0.15, 0.2) is 0 Å². The molecule has 0 amide bonds. The largest absolute Gasteiger partial charge is 0.330 e. The van der Waals surface area contributed by atoms with Crippen molar-refractivity contribution in [2.75, 3.05) is 6.54 Å². The van der Waals surface area contributed by atoms with Crippen LogP contribution in [0.1, 0.15) is 13.3 Å². The van der Waals surface area contributed by atoms with E-state index in [1.54, 1.807) is 0 Å². The van der Waals surface area contributed by atoms with Gasteiger partial charge in [0.25, 0.3) is 0 Å². The van der Waals surface area contributed by atoms with Gasteiger partial charge in [-0.1, -0.05) is 0 Å². The van der Waals surface area contributed by atoms with Crippen molar-refractivity contribution in [3.8, 4) is 0 Å². The van der Waals surface area contributed by atoms with E-state index in [0.29, 0.717) is 13.0 Å². The highest BCUT2D eigenvalue weighted by Gasteiger charge is 1.90. The summed E-state index contributed by atoms with van der Waals surface area (Å²) in [6.45, 7) is 1.96. The van der Waals surface area contributed by atoms with Crippen LogP contribution in [0.4, 0.5) is 4.39 Å². The predicted molar refractivity (Wildman–Crippen MR) is 24.2 cm³/mol. The van der Waals surface area contributed by atoms with Crippen molar-refractivity contribution in [2.45, 2.75) is 19.5 Å². The molecule has 0 aliphatic heterocycles. The summed E-state index contributed by atoms with van der Waals surface area (Å²) in [5.41, 5.74) is 4.99. The molecule has 0 aromatic heterocycles. The average Bonchev–Trinajstić information content (AvgIpc) is 1.35. The lowest BCUT2D eigenvalue weighted by Crippen LogP contribution is -2.04. The van der Waals surface area contributed by atoms with Crippen molar-refractivity contribution in [3.63, 3.8) is 0 Å². The van der Waals surface area contributed by atoms with Crippen molar-refractivity contribution >= 4 is 0 Å². The van der Waals surface area contributed by atoms with E-state index in [9.17, 15) is 4.39 Å². The molecule has 0 radical (unpaired) electrons. The van der Waals surface area contributed by atoms with Gasteiger partial charge in [-0.2, -0.15) is 0 Å². The Morgan fingerprint density at radius 3 is 2.33 bits per heavy atom. The van der Waals surface area contributed by atoms with Crippen molar-refractivity contribution in [3.05, 3.63) is 0 Å². The molecule has 0 saturated heterocycles. The minimum absolute atomic E-state index is 0.456. The van der Waals surface area contributed by atoms with Crippen LogP contribution in [0.25, 0.3) is 0 Å². The van der Waals surface area contributed by atoms with Crippen LogP contribution in [-0.2, 0) is 0 Å². The number of alkyl halides is 1. The second kappa shape index (κ2) is 3.09. The van der Waals surface area contributed by atoms with Crippen LogP contribution < -0.4 is 5.73 Å². The van der Waals surface area contributed by atoms with E-state index in [1.807, 2.05) is 0 Å². The first-order valence-electron chi connectivity index (χ1n) is 2.11. The zero-order valence-corrected chi connectivity index (χ0v) is 3.95. The van der Waals surface area contributed by atoms with Crippen LogP contribution in [0.15, 0.2) is 0 Å². The van der Waals surface area contributed by atoms with Crippen LogP contribution >= 0.6 is 0 Å². The molecule has 1 atom stereocenters. The lowest BCUT2D eigenvalue weighted by molar-refractivity contribution is 0.345. The molecular weight excluding hydrogens is 81.0 g/mol. The van der Waals surface area contributed by atoms with Crippen molar-refractivity contribution in [1.29, 1.82) is 0 Å². The molecular formula is C4H10FN. The maximum absolute atomic E-state index is 11.6.